The van der Waals surface area contributed by atoms with E-state index in [1.807, 2.05) is 0 Å². The first kappa shape index (κ1) is 20.5. The predicted octanol–water partition coefficient (Wildman–Crippen LogP) is 0.200. The molecule has 2 aliphatic heterocycles. The summed E-state index contributed by atoms with van der Waals surface area (Å²) < 4.78 is 5.32. The standard InChI is InChI=1S/C19H28ClN3O4/c20-16-3-1-15(2-4-16)18(25)23-7-5-19(26,17(24)13-23)14-21-6-8-22-9-11-27-12-10-22/h1-4,17,21,24,26H,5-14H2/t17-,19-/m0/s1. The number of nitrogens with zero attached hydrogens (tertiary/aromatic N) is 2. The monoisotopic (exact) mass is 397 g/mol. The Hall–Kier alpha value is -1.22. The Morgan fingerprint density at radius 2 is 1.96 bits per heavy atom. The lowest BCUT2D eigenvalue weighted by atomic mass is 9.88. The SMILES string of the molecule is O=C(c1ccc(Cl)cc1)N1CC[C@](O)(CNCCN2CCOCC2)[C@@H](O)C1. The van der Waals surface area contributed by atoms with E-state index in [9.17, 15) is 15.0 Å². The summed E-state index contributed by atoms with van der Waals surface area (Å²) in [6.45, 7) is 5.83. The number of β-amino-alcohol motifs (C(OH)–C–C–N with tert-alkyl or cyclic N) is 1. The van der Waals surface area contributed by atoms with E-state index >= 15 is 0 Å². The highest BCUT2D eigenvalue weighted by Crippen LogP contribution is 2.24. The van der Waals surface area contributed by atoms with Crippen molar-refractivity contribution in [3.05, 3.63) is 34.9 Å². The molecule has 0 spiro atoms. The van der Waals surface area contributed by atoms with Crippen LogP contribution < -0.4 is 5.32 Å². The lowest BCUT2D eigenvalue weighted by molar-refractivity contribution is -0.110. The van der Waals surface area contributed by atoms with Crippen molar-refractivity contribution in [3.8, 4) is 0 Å². The maximum atomic E-state index is 12.6. The van der Waals surface area contributed by atoms with Crippen molar-refractivity contribution >= 4 is 17.5 Å². The normalized spacial score (nSPS) is 26.9. The minimum absolute atomic E-state index is 0.114. The highest BCUT2D eigenvalue weighted by Gasteiger charge is 2.41. The van der Waals surface area contributed by atoms with E-state index in [0.717, 1.165) is 39.4 Å². The average Bonchev–Trinajstić information content (AvgIpc) is 2.68. The quantitative estimate of drug-likeness (QED) is 0.595. The minimum atomic E-state index is -1.22. The van der Waals surface area contributed by atoms with Crippen LogP contribution in [-0.4, -0.2) is 96.7 Å². The number of halogens is 1. The molecule has 2 aliphatic rings. The van der Waals surface area contributed by atoms with Crippen LogP contribution in [0.2, 0.25) is 5.02 Å². The first-order valence-corrected chi connectivity index (χ1v) is 9.82. The first-order chi connectivity index (χ1) is 13.0. The van der Waals surface area contributed by atoms with Crippen LogP contribution in [0, 0.1) is 0 Å². The number of carbonyl (C=O) groups excluding carboxylic acids is 1. The third-order valence-corrected chi connectivity index (χ3v) is 5.60. The van der Waals surface area contributed by atoms with Crippen LogP contribution in [0.1, 0.15) is 16.8 Å². The maximum Gasteiger partial charge on any atom is 0.253 e. The molecule has 1 aromatic carbocycles. The number of aliphatic hydroxyl groups excluding tert-OH is 1. The van der Waals surface area contributed by atoms with Gasteiger partial charge < -0.3 is 25.2 Å². The number of carbonyl (C=O) groups is 1. The van der Waals surface area contributed by atoms with Crippen LogP contribution in [0.15, 0.2) is 24.3 Å². The highest BCUT2D eigenvalue weighted by atomic mass is 35.5. The Morgan fingerprint density at radius 1 is 1.26 bits per heavy atom. The molecule has 2 fully saturated rings. The number of hydrogen-bond donors (Lipinski definition) is 3. The fraction of sp³-hybridized carbons (Fsp3) is 0.632. The number of ether oxygens (including phenoxy) is 1. The highest BCUT2D eigenvalue weighted by molar-refractivity contribution is 6.30. The molecule has 8 heteroatoms. The van der Waals surface area contributed by atoms with Gasteiger partial charge in [-0.3, -0.25) is 9.69 Å². The molecular weight excluding hydrogens is 370 g/mol. The van der Waals surface area contributed by atoms with Crippen LogP contribution in [-0.2, 0) is 4.74 Å². The van der Waals surface area contributed by atoms with E-state index in [4.69, 9.17) is 16.3 Å². The number of rotatable bonds is 6. The molecule has 0 saturated carbocycles. The van der Waals surface area contributed by atoms with Gasteiger partial charge in [0.2, 0.25) is 0 Å². The summed E-state index contributed by atoms with van der Waals surface area (Å²) in [5, 5.41) is 25.1. The predicted molar refractivity (Wildman–Crippen MR) is 103 cm³/mol. The second-order valence-electron chi connectivity index (χ2n) is 7.26. The topological polar surface area (TPSA) is 85.3 Å². The zero-order valence-corrected chi connectivity index (χ0v) is 16.2. The molecule has 0 bridgehead atoms. The number of likely N-dealkylation sites (tertiary alicyclic amines) is 1. The van der Waals surface area contributed by atoms with Crippen molar-refractivity contribution in [1.82, 2.24) is 15.1 Å². The summed E-state index contributed by atoms with van der Waals surface area (Å²) in [5.74, 6) is -0.159. The van der Waals surface area contributed by atoms with Gasteiger partial charge in [-0.05, 0) is 30.7 Å². The fourth-order valence-corrected chi connectivity index (χ4v) is 3.62. The summed E-state index contributed by atoms with van der Waals surface area (Å²) >= 11 is 5.86. The van der Waals surface area contributed by atoms with Crippen LogP contribution in [0.3, 0.4) is 0 Å². The molecule has 0 aliphatic carbocycles. The lowest BCUT2D eigenvalue weighted by Gasteiger charge is -2.42. The molecule has 2 heterocycles. The Labute approximate surface area is 164 Å². The summed E-state index contributed by atoms with van der Waals surface area (Å²) in [6.07, 6.45) is -0.656. The molecule has 1 amide bonds. The van der Waals surface area contributed by atoms with Gasteiger partial charge in [-0.2, -0.15) is 0 Å². The van der Waals surface area contributed by atoms with E-state index < -0.39 is 11.7 Å². The molecule has 0 aromatic heterocycles. The van der Waals surface area contributed by atoms with Gasteiger partial charge in [0.05, 0.1) is 13.2 Å². The van der Waals surface area contributed by atoms with Gasteiger partial charge in [0.15, 0.2) is 0 Å². The molecule has 7 nitrogen and oxygen atoms in total. The van der Waals surface area contributed by atoms with E-state index in [1.54, 1.807) is 29.2 Å². The average molecular weight is 398 g/mol. The van der Waals surface area contributed by atoms with Gasteiger partial charge in [-0.15, -0.1) is 0 Å². The molecule has 1 aromatic rings. The van der Waals surface area contributed by atoms with Crippen LogP contribution in [0.5, 0.6) is 0 Å². The van der Waals surface area contributed by atoms with Gasteiger partial charge >= 0.3 is 0 Å². The first-order valence-electron chi connectivity index (χ1n) is 9.44. The molecule has 2 saturated heterocycles. The van der Waals surface area contributed by atoms with E-state index in [0.29, 0.717) is 30.1 Å². The number of amides is 1. The molecule has 27 heavy (non-hydrogen) atoms. The van der Waals surface area contributed by atoms with Crippen molar-refractivity contribution in [3.63, 3.8) is 0 Å². The van der Waals surface area contributed by atoms with E-state index in [1.165, 1.54) is 0 Å². The molecule has 0 unspecified atom stereocenters. The molecular formula is C19H28ClN3O4. The molecule has 3 rings (SSSR count). The van der Waals surface area contributed by atoms with Crippen LogP contribution in [0.4, 0.5) is 0 Å². The summed E-state index contributed by atoms with van der Waals surface area (Å²) in [7, 11) is 0. The van der Waals surface area contributed by atoms with Gasteiger partial charge in [0.1, 0.15) is 11.7 Å². The van der Waals surface area contributed by atoms with Gasteiger partial charge in [0.25, 0.3) is 5.91 Å². The number of hydrogen-bond acceptors (Lipinski definition) is 6. The van der Waals surface area contributed by atoms with Gasteiger partial charge in [-0.1, -0.05) is 11.6 Å². The summed E-state index contributed by atoms with van der Waals surface area (Å²) in [4.78, 5) is 16.5. The molecule has 2 atom stereocenters. The second kappa shape index (κ2) is 9.32. The molecule has 0 radical (unpaired) electrons. The lowest BCUT2D eigenvalue weighted by Crippen LogP contribution is -2.61. The fourth-order valence-electron chi connectivity index (χ4n) is 3.50. The number of benzene rings is 1. The van der Waals surface area contributed by atoms with Crippen LogP contribution in [0.25, 0.3) is 0 Å². The number of morpholine rings is 1. The van der Waals surface area contributed by atoms with Crippen molar-refractivity contribution in [1.29, 1.82) is 0 Å². The van der Waals surface area contributed by atoms with E-state index in [2.05, 4.69) is 10.2 Å². The zero-order chi connectivity index (χ0) is 19.3. The Balaban J connectivity index is 1.45. The Kier molecular flexibility index (Phi) is 7.08. The van der Waals surface area contributed by atoms with Gasteiger partial charge in [-0.25, -0.2) is 0 Å². The molecule has 150 valence electrons. The van der Waals surface area contributed by atoms with Gasteiger partial charge in [0, 0.05) is 56.4 Å². The minimum Gasteiger partial charge on any atom is -0.388 e. The third-order valence-electron chi connectivity index (χ3n) is 5.35. The van der Waals surface area contributed by atoms with Crippen molar-refractivity contribution in [2.24, 2.45) is 0 Å². The van der Waals surface area contributed by atoms with Crippen LogP contribution >= 0.6 is 11.6 Å². The van der Waals surface area contributed by atoms with Crippen molar-refractivity contribution in [2.45, 2.75) is 18.1 Å². The molecule has 3 N–H and O–H groups in total. The summed E-state index contributed by atoms with van der Waals surface area (Å²) in [6, 6.07) is 6.68. The Bertz CT molecular complexity index is 624. The number of aliphatic hydroxyl groups is 2. The number of piperidine rings is 1. The largest absolute Gasteiger partial charge is 0.388 e. The zero-order valence-electron chi connectivity index (χ0n) is 15.4. The van der Waals surface area contributed by atoms with Crippen molar-refractivity contribution < 1.29 is 19.7 Å². The second-order valence-corrected chi connectivity index (χ2v) is 7.69. The summed E-state index contributed by atoms with van der Waals surface area (Å²) in [5.41, 5.74) is -0.692. The van der Waals surface area contributed by atoms with E-state index in [-0.39, 0.29) is 12.5 Å². The maximum absolute atomic E-state index is 12.6. The van der Waals surface area contributed by atoms with Crippen molar-refractivity contribution in [2.75, 3.05) is 59.0 Å². The Morgan fingerprint density at radius 3 is 2.63 bits per heavy atom. The third kappa shape index (κ3) is 5.40. The smallest absolute Gasteiger partial charge is 0.253 e. The number of nitrogens with one attached hydrogen (secondary N) is 1.